The zero-order chi connectivity index (χ0) is 28.8. The number of amides is 2. The lowest BCUT2D eigenvalue weighted by Gasteiger charge is -2.42. The zero-order valence-electron chi connectivity index (χ0n) is 21.3. The van der Waals surface area contributed by atoms with Crippen LogP contribution in [0.2, 0.25) is 5.02 Å². The molecule has 40 heavy (non-hydrogen) atoms. The number of fused-ring (bicyclic) bond motifs is 2. The van der Waals surface area contributed by atoms with Gasteiger partial charge in [-0.25, -0.2) is 21.6 Å². The SMILES string of the molecule is O=C(C[C@]1(O)C2CCC1C[C@@H](S(=O)(=O)c1cc(C(=O)Nc3cc(F)c(F)c(F)c3)ccc1Cl)C2)N[C@H]1CCOC1. The van der Waals surface area contributed by atoms with Crippen LogP contribution in [-0.4, -0.2) is 55.4 Å². The van der Waals surface area contributed by atoms with Crippen molar-refractivity contribution < 1.29 is 41.0 Å². The monoisotopic (exact) mass is 600 g/mol. The first kappa shape index (κ1) is 28.8. The highest BCUT2D eigenvalue weighted by Crippen LogP contribution is 2.53. The van der Waals surface area contributed by atoms with Crippen LogP contribution in [0.25, 0.3) is 0 Å². The minimum Gasteiger partial charge on any atom is -0.389 e. The fourth-order valence-corrected chi connectivity index (χ4v) is 8.61. The van der Waals surface area contributed by atoms with Crippen LogP contribution in [0.15, 0.2) is 35.2 Å². The quantitative estimate of drug-likeness (QED) is 0.413. The highest BCUT2D eigenvalue weighted by molar-refractivity contribution is 7.92. The molecular formula is C27H28ClF3N2O6S. The highest BCUT2D eigenvalue weighted by atomic mass is 35.5. The topological polar surface area (TPSA) is 122 Å². The van der Waals surface area contributed by atoms with Crippen molar-refractivity contribution in [2.45, 2.75) is 60.3 Å². The van der Waals surface area contributed by atoms with E-state index in [1.165, 1.54) is 12.1 Å². The summed E-state index contributed by atoms with van der Waals surface area (Å²) in [6, 6.07) is 4.68. The summed E-state index contributed by atoms with van der Waals surface area (Å²) in [7, 11) is -4.07. The van der Waals surface area contributed by atoms with Crippen LogP contribution in [0.3, 0.4) is 0 Å². The molecule has 2 amide bonds. The number of halogens is 4. The second-order valence-corrected chi connectivity index (χ2v) is 13.4. The summed E-state index contributed by atoms with van der Waals surface area (Å²) in [5, 5.41) is 15.6. The van der Waals surface area contributed by atoms with Crippen molar-refractivity contribution in [2.24, 2.45) is 11.8 Å². The van der Waals surface area contributed by atoms with Crippen molar-refractivity contribution in [3.05, 3.63) is 58.4 Å². The predicted molar refractivity (Wildman–Crippen MR) is 139 cm³/mol. The van der Waals surface area contributed by atoms with Crippen molar-refractivity contribution >= 4 is 38.9 Å². The molecule has 2 bridgehead atoms. The number of nitrogens with one attached hydrogen (secondary N) is 2. The first-order valence-electron chi connectivity index (χ1n) is 13.0. The second kappa shape index (κ2) is 11.0. The van der Waals surface area contributed by atoms with Gasteiger partial charge in [-0.05, 0) is 62.1 Å². The second-order valence-electron chi connectivity index (χ2n) is 10.8. The number of carbonyl (C=O) groups excluding carboxylic acids is 2. The van der Waals surface area contributed by atoms with E-state index in [2.05, 4.69) is 10.6 Å². The molecule has 5 rings (SSSR count). The maximum absolute atomic E-state index is 13.7. The molecule has 2 aromatic carbocycles. The van der Waals surface area contributed by atoms with Crippen LogP contribution in [0.5, 0.6) is 0 Å². The van der Waals surface area contributed by atoms with Gasteiger partial charge in [0.05, 0.1) is 39.8 Å². The lowest BCUT2D eigenvalue weighted by atomic mass is 9.72. The average Bonchev–Trinajstić information content (AvgIpc) is 3.41. The number of anilines is 1. The molecule has 8 nitrogen and oxygen atoms in total. The molecule has 2 unspecified atom stereocenters. The molecule has 2 saturated carbocycles. The van der Waals surface area contributed by atoms with Crippen LogP contribution in [0.1, 0.15) is 48.9 Å². The van der Waals surface area contributed by atoms with Gasteiger partial charge < -0.3 is 20.5 Å². The Morgan fingerprint density at radius 3 is 2.30 bits per heavy atom. The molecular weight excluding hydrogens is 573 g/mol. The third kappa shape index (κ3) is 5.46. The summed E-state index contributed by atoms with van der Waals surface area (Å²) < 4.78 is 73.1. The molecule has 3 aliphatic rings. The Labute approximate surface area is 234 Å². The van der Waals surface area contributed by atoms with E-state index >= 15 is 0 Å². The van der Waals surface area contributed by atoms with Crippen LogP contribution in [-0.2, 0) is 19.4 Å². The molecule has 3 N–H and O–H groups in total. The third-order valence-corrected chi connectivity index (χ3v) is 10.9. The van der Waals surface area contributed by atoms with Gasteiger partial charge in [0, 0.05) is 30.0 Å². The predicted octanol–water partition coefficient (Wildman–Crippen LogP) is 4.00. The number of carbonyl (C=O) groups is 2. The van der Waals surface area contributed by atoms with Crippen LogP contribution < -0.4 is 10.6 Å². The maximum atomic E-state index is 13.7. The Morgan fingerprint density at radius 2 is 1.70 bits per heavy atom. The minimum atomic E-state index is -4.07. The van der Waals surface area contributed by atoms with Crippen LogP contribution in [0.4, 0.5) is 18.9 Å². The normalized spacial score (nSPS) is 27.9. The molecule has 1 aliphatic heterocycles. The minimum absolute atomic E-state index is 0.0989. The van der Waals surface area contributed by atoms with E-state index in [9.17, 15) is 36.3 Å². The lowest BCUT2D eigenvalue weighted by molar-refractivity contribution is -0.133. The molecule has 0 spiro atoms. The first-order chi connectivity index (χ1) is 18.9. The molecule has 0 radical (unpaired) electrons. The van der Waals surface area contributed by atoms with Gasteiger partial charge >= 0.3 is 0 Å². The summed E-state index contributed by atoms with van der Waals surface area (Å²) in [5.74, 6) is -6.67. The van der Waals surface area contributed by atoms with Gasteiger partial charge in [-0.15, -0.1) is 0 Å². The molecule has 13 heteroatoms. The molecule has 1 heterocycles. The van der Waals surface area contributed by atoms with Crippen molar-refractivity contribution in [3.8, 4) is 0 Å². The van der Waals surface area contributed by atoms with Gasteiger partial charge in [-0.3, -0.25) is 9.59 Å². The van der Waals surface area contributed by atoms with Gasteiger partial charge in [0.15, 0.2) is 27.3 Å². The number of benzene rings is 2. The van der Waals surface area contributed by atoms with Crippen molar-refractivity contribution in [2.75, 3.05) is 18.5 Å². The van der Waals surface area contributed by atoms with Crippen LogP contribution >= 0.6 is 11.6 Å². The Balaban J connectivity index is 1.32. The summed E-state index contributed by atoms with van der Waals surface area (Å²) >= 11 is 6.25. The fraction of sp³-hybridized carbons (Fsp3) is 0.481. The summed E-state index contributed by atoms with van der Waals surface area (Å²) in [5.41, 5.74) is -1.81. The summed E-state index contributed by atoms with van der Waals surface area (Å²) in [4.78, 5) is 25.1. The summed E-state index contributed by atoms with van der Waals surface area (Å²) in [6.07, 6.45) is 1.98. The fourth-order valence-electron chi connectivity index (χ4n) is 6.21. The van der Waals surface area contributed by atoms with Gasteiger partial charge in [0.25, 0.3) is 5.91 Å². The molecule has 216 valence electrons. The van der Waals surface area contributed by atoms with E-state index in [0.717, 1.165) is 6.07 Å². The molecule has 3 fully saturated rings. The third-order valence-electron chi connectivity index (χ3n) is 8.29. The molecule has 0 aromatic heterocycles. The van der Waals surface area contributed by atoms with E-state index in [4.69, 9.17) is 16.3 Å². The lowest BCUT2D eigenvalue weighted by Crippen LogP contribution is -2.51. The molecule has 3 atom stereocenters. The largest absolute Gasteiger partial charge is 0.389 e. The first-order valence-corrected chi connectivity index (χ1v) is 14.9. The Kier molecular flexibility index (Phi) is 7.90. The van der Waals surface area contributed by atoms with Gasteiger partial charge in [0.2, 0.25) is 5.91 Å². The number of ether oxygens (including phenoxy) is 1. The molecule has 1 saturated heterocycles. The number of aliphatic hydroxyl groups is 1. The van der Waals surface area contributed by atoms with E-state index in [1.807, 2.05) is 0 Å². The van der Waals surface area contributed by atoms with Crippen molar-refractivity contribution in [1.29, 1.82) is 0 Å². The maximum Gasteiger partial charge on any atom is 0.255 e. The number of rotatable bonds is 7. The smallest absolute Gasteiger partial charge is 0.255 e. The summed E-state index contributed by atoms with van der Waals surface area (Å²) in [6.45, 7) is 0.988. The average molecular weight is 601 g/mol. The molecule has 2 aliphatic carbocycles. The van der Waals surface area contributed by atoms with Gasteiger partial charge in [-0.1, -0.05) is 11.6 Å². The van der Waals surface area contributed by atoms with Crippen molar-refractivity contribution in [1.82, 2.24) is 5.32 Å². The van der Waals surface area contributed by atoms with E-state index in [-0.39, 0.29) is 52.4 Å². The Hall–Kier alpha value is -2.67. The number of sulfone groups is 1. The zero-order valence-corrected chi connectivity index (χ0v) is 22.8. The van der Waals surface area contributed by atoms with Crippen LogP contribution in [0, 0.1) is 29.3 Å². The number of hydrogen-bond donors (Lipinski definition) is 3. The van der Waals surface area contributed by atoms with Crippen molar-refractivity contribution in [3.63, 3.8) is 0 Å². The van der Waals surface area contributed by atoms with E-state index in [0.29, 0.717) is 44.6 Å². The Bertz CT molecular complexity index is 1410. The molecule has 2 aromatic rings. The standard InChI is InChI=1S/C27H28ClF3N2O6S/c28-20-4-1-14(26(35)33-18-10-21(29)25(31)22(30)11-18)7-23(20)40(37,38)19-8-15-2-3-16(9-19)27(15,36)12-24(34)32-17-5-6-39-13-17/h1,4,7,10-11,15-17,19,36H,2-3,5-6,8-9,12-13H2,(H,32,34)(H,33,35)/t15?,16?,17-,19-,27-/m0/s1. The van der Waals surface area contributed by atoms with E-state index < -0.39 is 55.9 Å². The highest BCUT2D eigenvalue weighted by Gasteiger charge is 2.56. The Morgan fingerprint density at radius 1 is 1.05 bits per heavy atom. The van der Waals surface area contributed by atoms with E-state index in [1.54, 1.807) is 0 Å². The van der Waals surface area contributed by atoms with Gasteiger partial charge in [0.1, 0.15) is 0 Å². The van der Waals surface area contributed by atoms with Gasteiger partial charge in [-0.2, -0.15) is 0 Å². The number of hydrogen-bond acceptors (Lipinski definition) is 6.